The fourth-order valence-electron chi connectivity index (χ4n) is 1.79. The van der Waals surface area contributed by atoms with E-state index in [9.17, 15) is 9.90 Å². The van der Waals surface area contributed by atoms with Crippen LogP contribution in [0.15, 0.2) is 39.8 Å². The van der Waals surface area contributed by atoms with Crippen LogP contribution in [0.4, 0.5) is 0 Å². The van der Waals surface area contributed by atoms with Gasteiger partial charge in [-0.1, -0.05) is 18.2 Å². The molecule has 0 spiro atoms. The molecule has 2 rings (SSSR count). The summed E-state index contributed by atoms with van der Waals surface area (Å²) < 4.78 is 1.67. The molecule has 0 unspecified atom stereocenters. The van der Waals surface area contributed by atoms with Crippen LogP contribution < -0.4 is 21.2 Å². The molecule has 1 heterocycles. The summed E-state index contributed by atoms with van der Waals surface area (Å²) in [6.07, 6.45) is 0. The fraction of sp³-hybridized carbons (Fsp3) is 0.357. The maximum absolute atomic E-state index is 12.4. The minimum atomic E-state index is -0.675. The van der Waals surface area contributed by atoms with E-state index in [1.807, 2.05) is 51.2 Å². The Morgan fingerprint density at radius 1 is 1.11 bits per heavy atom. The van der Waals surface area contributed by atoms with Gasteiger partial charge in [0.25, 0.3) is 0 Å². The number of carbonyl (C=O) groups excluding carboxylic acids is 1. The molecule has 1 aliphatic rings. The predicted molar refractivity (Wildman–Crippen MR) is 69.4 cm³/mol. The maximum Gasteiger partial charge on any atom is 0.370 e. The van der Waals surface area contributed by atoms with Crippen molar-refractivity contribution >= 4 is 5.91 Å². The van der Waals surface area contributed by atoms with Gasteiger partial charge in [0.1, 0.15) is 5.66 Å². The number of rotatable bonds is 2. The number of benzene rings is 1. The van der Waals surface area contributed by atoms with E-state index in [-0.39, 0.29) is 11.8 Å². The Kier molecular flexibility index (Phi) is 3.75. The Morgan fingerprint density at radius 3 is 2.26 bits per heavy atom. The Balaban J connectivity index is 2.39. The first kappa shape index (κ1) is 14.2. The van der Waals surface area contributed by atoms with Gasteiger partial charge in [-0.25, -0.2) is 0 Å². The minimum Gasteiger partial charge on any atom is -0.491 e. The van der Waals surface area contributed by atoms with E-state index >= 15 is 0 Å². The molecule has 0 radical (unpaired) electrons. The summed E-state index contributed by atoms with van der Waals surface area (Å²) in [5.41, 5.74) is -0.509. The molecule has 102 valence electrons. The first-order valence-corrected chi connectivity index (χ1v) is 8.16. The van der Waals surface area contributed by atoms with Gasteiger partial charge in [-0.2, -0.15) is 0 Å². The maximum atomic E-state index is 12.4. The largest absolute Gasteiger partial charge is 0.491 e. The first-order chi connectivity index (χ1) is 8.85. The average molecular weight is 373 g/mol. The molecule has 0 fully saturated rings. The molecule has 1 N–H and O–H groups in total. The molecule has 4 nitrogen and oxygen atoms in total. The fourth-order valence-corrected chi connectivity index (χ4v) is 4.39. The first-order valence-electron chi connectivity index (χ1n) is 6.01. The Hall–Kier alpha value is -1.24. The second-order valence-corrected chi connectivity index (χ2v) is 7.81. The normalized spacial score (nSPS) is 19.1. The minimum absolute atomic E-state index is 0.0720. The molecule has 0 aromatic heterocycles. The molecule has 0 saturated carbocycles. The van der Waals surface area contributed by atoms with Crippen molar-refractivity contribution in [2.75, 3.05) is 14.1 Å². The lowest BCUT2D eigenvalue weighted by atomic mass is 10.1. The highest BCUT2D eigenvalue weighted by molar-refractivity contribution is 5.92. The number of aliphatic hydroxyl groups excluding tert-OH is 1. The Labute approximate surface area is 124 Å². The zero-order chi connectivity index (χ0) is 14.2. The van der Waals surface area contributed by atoms with Crippen LogP contribution in [0.3, 0.4) is 0 Å². The van der Waals surface area contributed by atoms with Crippen molar-refractivity contribution in [3.05, 3.63) is 43.4 Å². The van der Waals surface area contributed by atoms with Crippen molar-refractivity contribution in [1.29, 1.82) is 0 Å². The van der Waals surface area contributed by atoms with Crippen molar-refractivity contribution in [3.63, 3.8) is 0 Å². The van der Waals surface area contributed by atoms with E-state index in [4.69, 9.17) is 0 Å². The number of halogens is 1. The van der Waals surface area contributed by atoms with Gasteiger partial charge >= 0.3 is 30.7 Å². The highest BCUT2D eigenvalue weighted by Gasteiger charge is 2.47. The van der Waals surface area contributed by atoms with Crippen molar-refractivity contribution in [2.24, 2.45) is 0 Å². The van der Waals surface area contributed by atoms with Crippen LogP contribution in [-0.2, 0) is 4.79 Å². The standard InChI is InChI=1S/C14H17IN2O2/c1-14(2)16(3)12(18)11(13(19)17(14)4)15-10-8-6-5-7-9-10/h5-9H,1-4H3/p+1. The van der Waals surface area contributed by atoms with E-state index in [0.29, 0.717) is 3.58 Å². The molecule has 1 amide bonds. The van der Waals surface area contributed by atoms with Crippen molar-refractivity contribution in [1.82, 2.24) is 9.80 Å². The second kappa shape index (κ2) is 5.03. The molecule has 0 aliphatic carbocycles. The highest BCUT2D eigenvalue weighted by Crippen LogP contribution is 2.26. The topological polar surface area (TPSA) is 43.8 Å². The third kappa shape index (κ3) is 2.43. The van der Waals surface area contributed by atoms with Crippen LogP contribution in [-0.4, -0.2) is 40.6 Å². The molecular formula is C14H18IN2O2+. The summed E-state index contributed by atoms with van der Waals surface area (Å²) >= 11 is -0.675. The van der Waals surface area contributed by atoms with Gasteiger partial charge in [-0.15, -0.1) is 0 Å². The number of aliphatic hydroxyl groups is 1. The van der Waals surface area contributed by atoms with Crippen LogP contribution in [0.2, 0.25) is 0 Å². The molecule has 19 heavy (non-hydrogen) atoms. The quantitative estimate of drug-likeness (QED) is 0.664. The van der Waals surface area contributed by atoms with Crippen molar-refractivity contribution in [3.8, 4) is 0 Å². The van der Waals surface area contributed by atoms with Gasteiger partial charge in [0.2, 0.25) is 5.88 Å². The number of amides is 1. The molecule has 1 aliphatic heterocycles. The number of carbonyl (C=O) groups is 1. The zero-order valence-electron chi connectivity index (χ0n) is 11.5. The molecular weight excluding hydrogens is 355 g/mol. The number of hydrogen-bond acceptors (Lipinski definition) is 3. The molecule has 1 aromatic carbocycles. The number of nitrogens with zero attached hydrogens (tertiary/aromatic N) is 2. The summed E-state index contributed by atoms with van der Waals surface area (Å²) in [5, 5.41) is 10.3. The third-order valence-corrected chi connectivity index (χ3v) is 6.41. The lowest BCUT2D eigenvalue weighted by molar-refractivity contribution is -0.575. The molecule has 0 saturated heterocycles. The average Bonchev–Trinajstić information content (AvgIpc) is 2.41. The summed E-state index contributed by atoms with van der Waals surface area (Å²) in [6, 6.07) is 9.86. The lowest BCUT2D eigenvalue weighted by Gasteiger charge is -2.45. The van der Waals surface area contributed by atoms with Gasteiger partial charge in [0.05, 0.1) is 0 Å². The summed E-state index contributed by atoms with van der Waals surface area (Å²) in [6.45, 7) is 3.83. The van der Waals surface area contributed by atoms with E-state index in [2.05, 4.69) is 0 Å². The van der Waals surface area contributed by atoms with Gasteiger partial charge in [0, 0.05) is 14.1 Å². The van der Waals surface area contributed by atoms with E-state index in [1.54, 1.807) is 16.8 Å². The SMILES string of the molecule is CN1C(=O)C([I+]c2ccccc2)=C(O)N(C)C1(C)C. The van der Waals surface area contributed by atoms with E-state index in [0.717, 1.165) is 3.57 Å². The smallest absolute Gasteiger partial charge is 0.370 e. The van der Waals surface area contributed by atoms with Crippen LogP contribution in [0.25, 0.3) is 0 Å². The highest BCUT2D eigenvalue weighted by atomic mass is 127. The second-order valence-electron chi connectivity index (χ2n) is 4.95. The number of likely N-dealkylation sites (N-methyl/N-ethyl adjacent to an activating group) is 1. The molecule has 1 aromatic rings. The van der Waals surface area contributed by atoms with Crippen molar-refractivity contribution in [2.45, 2.75) is 19.5 Å². The van der Waals surface area contributed by atoms with Crippen LogP contribution in [0, 0.1) is 3.57 Å². The van der Waals surface area contributed by atoms with E-state index in [1.165, 1.54) is 0 Å². The molecule has 5 heteroatoms. The van der Waals surface area contributed by atoms with Crippen molar-refractivity contribution < 1.29 is 31.1 Å². The van der Waals surface area contributed by atoms with Gasteiger partial charge in [0.15, 0.2) is 3.57 Å². The Morgan fingerprint density at radius 2 is 1.68 bits per heavy atom. The van der Waals surface area contributed by atoms with Crippen LogP contribution in [0.5, 0.6) is 0 Å². The van der Waals surface area contributed by atoms with Crippen LogP contribution >= 0.6 is 0 Å². The van der Waals surface area contributed by atoms with Crippen LogP contribution in [0.1, 0.15) is 13.8 Å². The summed E-state index contributed by atoms with van der Waals surface area (Å²) in [7, 11) is 3.59. The van der Waals surface area contributed by atoms with Gasteiger partial charge in [-0.05, 0) is 26.0 Å². The monoisotopic (exact) mass is 373 g/mol. The van der Waals surface area contributed by atoms with Gasteiger partial charge in [-0.3, -0.25) is 4.79 Å². The summed E-state index contributed by atoms with van der Waals surface area (Å²) in [4.78, 5) is 15.9. The summed E-state index contributed by atoms with van der Waals surface area (Å²) in [5.74, 6) is 0.0435. The third-order valence-electron chi connectivity index (χ3n) is 3.58. The Bertz CT molecular complexity index is 526. The zero-order valence-corrected chi connectivity index (χ0v) is 13.7. The number of hydrogen-bond donors (Lipinski definition) is 1. The molecule has 0 atom stereocenters. The van der Waals surface area contributed by atoms with E-state index < -0.39 is 26.9 Å². The van der Waals surface area contributed by atoms with Gasteiger partial charge < -0.3 is 14.9 Å². The lowest BCUT2D eigenvalue weighted by Crippen LogP contribution is -3.61. The predicted octanol–water partition coefficient (Wildman–Crippen LogP) is -1.19. The molecule has 0 bridgehead atoms.